The van der Waals surface area contributed by atoms with Crippen LogP contribution >= 0.6 is 0 Å². The van der Waals surface area contributed by atoms with Gasteiger partial charge in [0, 0.05) is 12.6 Å². The van der Waals surface area contributed by atoms with Gasteiger partial charge in [0.05, 0.1) is 11.9 Å². The van der Waals surface area contributed by atoms with Gasteiger partial charge >= 0.3 is 0 Å². The van der Waals surface area contributed by atoms with E-state index in [0.29, 0.717) is 6.04 Å². The maximum atomic E-state index is 4.37. The van der Waals surface area contributed by atoms with E-state index >= 15 is 0 Å². The fourth-order valence-corrected chi connectivity index (χ4v) is 1.70. The first kappa shape index (κ1) is 7.80. The number of aromatic nitrogens is 2. The second kappa shape index (κ2) is 2.90. The van der Waals surface area contributed by atoms with Crippen LogP contribution in [0, 0.1) is 0 Å². The average molecular weight is 165 g/mol. The molecule has 0 fully saturated rings. The summed E-state index contributed by atoms with van der Waals surface area (Å²) in [6.45, 7) is 6.41. The lowest BCUT2D eigenvalue weighted by Gasteiger charge is -2.17. The normalized spacial score (nSPS) is 16.6. The van der Waals surface area contributed by atoms with Crippen molar-refractivity contribution in [2.75, 3.05) is 6.54 Å². The molecular formula is C9H15N3. The van der Waals surface area contributed by atoms with Gasteiger partial charge in [-0.25, -0.2) is 0 Å². The molecule has 3 nitrogen and oxygen atoms in total. The highest BCUT2D eigenvalue weighted by Crippen LogP contribution is 2.16. The summed E-state index contributed by atoms with van der Waals surface area (Å²) < 4.78 is 2.11. The van der Waals surface area contributed by atoms with Crippen LogP contribution in [0.3, 0.4) is 0 Å². The average Bonchev–Trinajstić information content (AvgIpc) is 2.47. The maximum Gasteiger partial charge on any atom is 0.0557 e. The monoisotopic (exact) mass is 165 g/mol. The number of hydrogen-bond acceptors (Lipinski definition) is 2. The van der Waals surface area contributed by atoms with E-state index in [9.17, 15) is 0 Å². The van der Waals surface area contributed by atoms with Crippen LogP contribution in [0.2, 0.25) is 0 Å². The lowest BCUT2D eigenvalue weighted by molar-refractivity contribution is 0.486. The van der Waals surface area contributed by atoms with Crippen LogP contribution in [-0.4, -0.2) is 16.3 Å². The number of hydrogen-bond donors (Lipinski definition) is 1. The fourth-order valence-electron chi connectivity index (χ4n) is 1.70. The zero-order valence-corrected chi connectivity index (χ0v) is 7.67. The predicted octanol–water partition coefficient (Wildman–Crippen LogP) is 1.11. The minimum atomic E-state index is 0.480. The summed E-state index contributed by atoms with van der Waals surface area (Å²) >= 11 is 0. The van der Waals surface area contributed by atoms with Gasteiger partial charge in [0.25, 0.3) is 0 Å². The Morgan fingerprint density at radius 2 is 2.42 bits per heavy atom. The van der Waals surface area contributed by atoms with Crippen molar-refractivity contribution in [3.8, 4) is 0 Å². The van der Waals surface area contributed by atoms with Gasteiger partial charge in [-0.3, -0.25) is 4.68 Å². The molecule has 0 bridgehead atoms. The largest absolute Gasteiger partial charge is 0.311 e. The van der Waals surface area contributed by atoms with Gasteiger partial charge in [0.15, 0.2) is 0 Å². The molecule has 66 valence electrons. The molecule has 0 spiro atoms. The van der Waals surface area contributed by atoms with Gasteiger partial charge in [-0.2, -0.15) is 5.10 Å². The summed E-state index contributed by atoms with van der Waals surface area (Å²) in [4.78, 5) is 0. The van der Waals surface area contributed by atoms with Crippen molar-refractivity contribution in [3.63, 3.8) is 0 Å². The third-order valence-electron chi connectivity index (χ3n) is 2.34. The summed E-state index contributed by atoms with van der Waals surface area (Å²) in [7, 11) is 0. The molecule has 1 aromatic heterocycles. The standard InChI is InChI=1S/C9H15N3/c1-7(2)12-9-6-10-4-3-8(9)5-11-12/h5,7,10H,3-4,6H2,1-2H3. The summed E-state index contributed by atoms with van der Waals surface area (Å²) in [5, 5.41) is 7.74. The van der Waals surface area contributed by atoms with Crippen LogP contribution in [0.4, 0.5) is 0 Å². The van der Waals surface area contributed by atoms with Crippen LogP contribution in [0.1, 0.15) is 31.1 Å². The highest BCUT2D eigenvalue weighted by Gasteiger charge is 2.15. The zero-order valence-electron chi connectivity index (χ0n) is 7.67. The van der Waals surface area contributed by atoms with E-state index in [0.717, 1.165) is 19.5 Å². The van der Waals surface area contributed by atoms with Gasteiger partial charge in [-0.05, 0) is 32.4 Å². The second-order valence-electron chi connectivity index (χ2n) is 3.58. The molecule has 0 aromatic carbocycles. The van der Waals surface area contributed by atoms with Crippen LogP contribution in [0.5, 0.6) is 0 Å². The first-order valence-corrected chi connectivity index (χ1v) is 4.55. The summed E-state index contributed by atoms with van der Waals surface area (Å²) in [6, 6.07) is 0.480. The van der Waals surface area contributed by atoms with Gasteiger partial charge < -0.3 is 5.32 Å². The minimum absolute atomic E-state index is 0.480. The molecule has 2 rings (SSSR count). The highest BCUT2D eigenvalue weighted by atomic mass is 15.3. The topological polar surface area (TPSA) is 29.9 Å². The van der Waals surface area contributed by atoms with E-state index in [1.807, 2.05) is 6.20 Å². The van der Waals surface area contributed by atoms with Gasteiger partial charge in [0.1, 0.15) is 0 Å². The fraction of sp³-hybridized carbons (Fsp3) is 0.667. The molecule has 0 amide bonds. The zero-order chi connectivity index (χ0) is 8.55. The van der Waals surface area contributed by atoms with E-state index in [4.69, 9.17) is 0 Å². The van der Waals surface area contributed by atoms with Crippen molar-refractivity contribution in [1.82, 2.24) is 15.1 Å². The molecule has 3 heteroatoms. The lowest BCUT2D eigenvalue weighted by atomic mass is 10.1. The first-order chi connectivity index (χ1) is 5.79. The Balaban J connectivity index is 2.38. The van der Waals surface area contributed by atoms with Gasteiger partial charge in [-0.15, -0.1) is 0 Å². The van der Waals surface area contributed by atoms with Crippen molar-refractivity contribution in [2.45, 2.75) is 32.9 Å². The smallest absolute Gasteiger partial charge is 0.0557 e. The molecule has 1 aromatic rings. The molecule has 12 heavy (non-hydrogen) atoms. The molecule has 0 unspecified atom stereocenters. The minimum Gasteiger partial charge on any atom is -0.311 e. The summed E-state index contributed by atoms with van der Waals surface area (Å²) in [5.41, 5.74) is 2.79. The SMILES string of the molecule is CC(C)n1ncc2c1CNCC2. The molecule has 0 saturated heterocycles. The van der Waals surface area contributed by atoms with Crippen LogP contribution in [0.15, 0.2) is 6.20 Å². The molecule has 1 aliphatic heterocycles. The van der Waals surface area contributed by atoms with E-state index in [2.05, 4.69) is 28.9 Å². The Bertz CT molecular complexity index is 275. The molecular weight excluding hydrogens is 150 g/mol. The third kappa shape index (κ3) is 1.14. The molecule has 0 radical (unpaired) electrons. The Labute approximate surface area is 72.8 Å². The summed E-state index contributed by atoms with van der Waals surface area (Å²) in [6.07, 6.45) is 3.14. The molecule has 0 aliphatic carbocycles. The van der Waals surface area contributed by atoms with Gasteiger partial charge in [0.2, 0.25) is 0 Å². The number of fused-ring (bicyclic) bond motifs is 1. The Hall–Kier alpha value is -0.830. The third-order valence-corrected chi connectivity index (χ3v) is 2.34. The number of rotatable bonds is 1. The first-order valence-electron chi connectivity index (χ1n) is 4.55. The van der Waals surface area contributed by atoms with Crippen molar-refractivity contribution < 1.29 is 0 Å². The molecule has 2 heterocycles. The highest BCUT2D eigenvalue weighted by molar-refractivity contribution is 5.20. The predicted molar refractivity (Wildman–Crippen MR) is 48.0 cm³/mol. The van der Waals surface area contributed by atoms with Crippen LogP contribution in [0.25, 0.3) is 0 Å². The summed E-state index contributed by atoms with van der Waals surface area (Å²) in [5.74, 6) is 0. The molecule has 0 saturated carbocycles. The molecule has 1 N–H and O–H groups in total. The maximum absolute atomic E-state index is 4.37. The van der Waals surface area contributed by atoms with Crippen molar-refractivity contribution >= 4 is 0 Å². The number of nitrogens with zero attached hydrogens (tertiary/aromatic N) is 2. The Morgan fingerprint density at radius 1 is 1.58 bits per heavy atom. The lowest BCUT2D eigenvalue weighted by Crippen LogP contribution is -2.25. The van der Waals surface area contributed by atoms with E-state index in [1.54, 1.807) is 0 Å². The van der Waals surface area contributed by atoms with Crippen molar-refractivity contribution in [1.29, 1.82) is 0 Å². The second-order valence-corrected chi connectivity index (χ2v) is 3.58. The van der Waals surface area contributed by atoms with Gasteiger partial charge in [-0.1, -0.05) is 0 Å². The van der Waals surface area contributed by atoms with E-state index < -0.39 is 0 Å². The quantitative estimate of drug-likeness (QED) is 0.675. The Morgan fingerprint density at radius 3 is 3.17 bits per heavy atom. The Kier molecular flexibility index (Phi) is 1.89. The van der Waals surface area contributed by atoms with Crippen molar-refractivity contribution in [3.05, 3.63) is 17.5 Å². The molecule has 1 aliphatic rings. The van der Waals surface area contributed by atoms with E-state index in [1.165, 1.54) is 11.3 Å². The van der Waals surface area contributed by atoms with Crippen LogP contribution in [-0.2, 0) is 13.0 Å². The number of nitrogens with one attached hydrogen (secondary N) is 1. The van der Waals surface area contributed by atoms with E-state index in [-0.39, 0.29) is 0 Å². The van der Waals surface area contributed by atoms with Crippen LogP contribution < -0.4 is 5.32 Å². The van der Waals surface area contributed by atoms with Crippen molar-refractivity contribution in [2.24, 2.45) is 0 Å². The molecule has 0 atom stereocenters.